The minimum Gasteiger partial charge on any atom is -0.462 e. The molecule has 8 nitrogen and oxygen atoms in total. The first kappa shape index (κ1) is 25.8. The van der Waals surface area contributed by atoms with Gasteiger partial charge >= 0.3 is 5.97 Å². The molecule has 1 aromatic carbocycles. The van der Waals surface area contributed by atoms with Crippen molar-refractivity contribution in [1.29, 1.82) is 0 Å². The molecule has 1 amide bonds. The van der Waals surface area contributed by atoms with Crippen molar-refractivity contribution in [3.8, 4) is 0 Å². The first-order valence-corrected chi connectivity index (χ1v) is 14.7. The number of fused-ring (bicyclic) bond motifs is 1. The largest absolute Gasteiger partial charge is 0.462 e. The lowest BCUT2D eigenvalue weighted by Crippen LogP contribution is -2.48. The number of piperazine rings is 1. The molecule has 1 N–H and O–H groups in total. The molecule has 1 saturated heterocycles. The number of ether oxygens (including phenoxy) is 1. The van der Waals surface area contributed by atoms with Gasteiger partial charge in [-0.1, -0.05) is 12.1 Å². The Labute approximate surface area is 211 Å². The lowest BCUT2D eigenvalue weighted by molar-refractivity contribution is 0.0526. The summed E-state index contributed by atoms with van der Waals surface area (Å²) >= 11 is 1.48. The summed E-state index contributed by atoms with van der Waals surface area (Å²) in [5.74, 6) is -0.509. The number of nitrogens with one attached hydrogen (secondary N) is 1. The Morgan fingerprint density at radius 1 is 1.09 bits per heavy atom. The number of hydrogen-bond acceptors (Lipinski definition) is 7. The number of amides is 1. The summed E-state index contributed by atoms with van der Waals surface area (Å²) in [7, 11) is -3.16. The molecule has 0 atom stereocenters. The number of sulfonamides is 1. The number of carbonyl (C=O) groups excluding carboxylic acids is 2. The molecule has 35 heavy (non-hydrogen) atoms. The Bertz CT molecular complexity index is 1180. The smallest absolute Gasteiger partial charge is 0.341 e. The molecule has 10 heteroatoms. The Kier molecular flexibility index (Phi) is 8.26. The van der Waals surface area contributed by atoms with Crippen LogP contribution in [0.4, 0.5) is 5.00 Å². The summed E-state index contributed by atoms with van der Waals surface area (Å²) < 4.78 is 31.0. The summed E-state index contributed by atoms with van der Waals surface area (Å²) in [5.41, 5.74) is 3.04. The molecule has 190 valence electrons. The monoisotopic (exact) mass is 519 g/mol. The number of thiophene rings is 1. The quantitative estimate of drug-likeness (QED) is 0.536. The maximum absolute atomic E-state index is 13.1. The van der Waals surface area contributed by atoms with Crippen molar-refractivity contribution < 1.29 is 22.7 Å². The van der Waals surface area contributed by atoms with Gasteiger partial charge < -0.3 is 10.1 Å². The number of aryl methyl sites for hydroxylation is 1. The van der Waals surface area contributed by atoms with Crippen molar-refractivity contribution in [2.45, 2.75) is 46.1 Å². The van der Waals surface area contributed by atoms with E-state index in [0.29, 0.717) is 48.9 Å². The molecule has 4 rings (SSSR count). The van der Waals surface area contributed by atoms with Crippen LogP contribution in [0.3, 0.4) is 0 Å². The summed E-state index contributed by atoms with van der Waals surface area (Å²) in [6.07, 6.45) is 3.87. The van der Waals surface area contributed by atoms with Gasteiger partial charge in [-0.05, 0) is 62.8 Å². The summed E-state index contributed by atoms with van der Waals surface area (Å²) in [4.78, 5) is 29.2. The molecule has 1 aliphatic carbocycles. The van der Waals surface area contributed by atoms with E-state index in [-0.39, 0.29) is 24.2 Å². The Hall–Kier alpha value is -2.27. The molecule has 1 fully saturated rings. The van der Waals surface area contributed by atoms with E-state index in [9.17, 15) is 18.0 Å². The number of esters is 1. The minimum absolute atomic E-state index is 0.120. The van der Waals surface area contributed by atoms with Crippen molar-refractivity contribution in [3.05, 3.63) is 51.4 Å². The molecular weight excluding hydrogens is 486 g/mol. The molecule has 0 bridgehead atoms. The highest BCUT2D eigenvalue weighted by atomic mass is 32.2. The first-order valence-electron chi connectivity index (χ1n) is 12.2. The average Bonchev–Trinajstić information content (AvgIpc) is 3.22. The van der Waals surface area contributed by atoms with Gasteiger partial charge in [-0.2, -0.15) is 4.31 Å². The number of rotatable bonds is 8. The molecule has 0 radical (unpaired) electrons. The number of carbonyl (C=O) groups is 2. The Morgan fingerprint density at radius 2 is 1.83 bits per heavy atom. The van der Waals surface area contributed by atoms with Crippen LogP contribution in [0.5, 0.6) is 0 Å². The molecule has 2 aromatic rings. The number of benzene rings is 1. The van der Waals surface area contributed by atoms with Crippen molar-refractivity contribution >= 4 is 38.2 Å². The summed E-state index contributed by atoms with van der Waals surface area (Å²) in [5, 5.41) is 3.54. The molecule has 1 aromatic heterocycles. The Balaban J connectivity index is 1.45. The summed E-state index contributed by atoms with van der Waals surface area (Å²) in [6, 6.07) is 7.46. The van der Waals surface area contributed by atoms with Crippen molar-refractivity contribution in [2.75, 3.05) is 43.9 Å². The van der Waals surface area contributed by atoms with Gasteiger partial charge in [-0.15, -0.1) is 11.3 Å². The lowest BCUT2D eigenvalue weighted by atomic mass is 9.95. The first-order chi connectivity index (χ1) is 16.8. The van der Waals surface area contributed by atoms with Gasteiger partial charge in [0.2, 0.25) is 10.0 Å². The van der Waals surface area contributed by atoms with Crippen molar-refractivity contribution in [1.82, 2.24) is 9.21 Å². The average molecular weight is 520 g/mol. The van der Waals surface area contributed by atoms with E-state index < -0.39 is 10.0 Å². The van der Waals surface area contributed by atoms with E-state index in [1.165, 1.54) is 11.3 Å². The third-order valence-electron chi connectivity index (χ3n) is 6.56. The van der Waals surface area contributed by atoms with Crippen LogP contribution >= 0.6 is 11.3 Å². The van der Waals surface area contributed by atoms with E-state index in [4.69, 9.17) is 4.74 Å². The van der Waals surface area contributed by atoms with Crippen LogP contribution in [0.15, 0.2) is 24.3 Å². The van der Waals surface area contributed by atoms with E-state index >= 15 is 0 Å². The molecule has 1 aliphatic heterocycles. The van der Waals surface area contributed by atoms with Gasteiger partial charge in [0.25, 0.3) is 5.91 Å². The predicted molar refractivity (Wildman–Crippen MR) is 138 cm³/mol. The third-order valence-corrected chi connectivity index (χ3v) is 9.65. The SMILES string of the molecule is CCOC(=O)c1c(NC(=O)c2cccc(CN3CCN(S(=O)(=O)CC)CC3)c2)sc2c1CCCC2. The highest BCUT2D eigenvalue weighted by Gasteiger charge is 2.28. The zero-order valence-electron chi connectivity index (χ0n) is 20.3. The maximum atomic E-state index is 13.1. The fraction of sp³-hybridized carbons (Fsp3) is 0.520. The number of anilines is 1. The van der Waals surface area contributed by atoms with E-state index in [2.05, 4.69) is 10.2 Å². The van der Waals surface area contributed by atoms with Crippen LogP contribution in [0.2, 0.25) is 0 Å². The number of hydrogen-bond donors (Lipinski definition) is 1. The number of nitrogens with zero attached hydrogens (tertiary/aromatic N) is 2. The van der Waals surface area contributed by atoms with E-state index in [0.717, 1.165) is 41.7 Å². The fourth-order valence-corrected chi connectivity index (χ4v) is 7.02. The Morgan fingerprint density at radius 3 is 2.54 bits per heavy atom. The second-order valence-electron chi connectivity index (χ2n) is 8.87. The summed E-state index contributed by atoms with van der Waals surface area (Å²) in [6.45, 7) is 6.65. The van der Waals surface area contributed by atoms with Crippen LogP contribution in [-0.4, -0.2) is 68.0 Å². The van der Waals surface area contributed by atoms with Gasteiger partial charge in [0.1, 0.15) is 5.00 Å². The van der Waals surface area contributed by atoms with Crippen molar-refractivity contribution in [3.63, 3.8) is 0 Å². The zero-order chi connectivity index (χ0) is 25.0. The van der Waals surface area contributed by atoms with Gasteiger partial charge in [0, 0.05) is 43.2 Å². The molecule has 2 aliphatic rings. The van der Waals surface area contributed by atoms with Crippen molar-refractivity contribution in [2.24, 2.45) is 0 Å². The van der Waals surface area contributed by atoms with Gasteiger partial charge in [-0.25, -0.2) is 13.2 Å². The van der Waals surface area contributed by atoms with Gasteiger partial charge in [0.05, 0.1) is 17.9 Å². The normalized spacial score (nSPS) is 17.1. The molecular formula is C25H33N3O5S2. The standard InChI is InChI=1S/C25H33N3O5S2/c1-3-33-25(30)22-20-10-5-6-11-21(20)34-24(22)26-23(29)19-9-7-8-18(16-19)17-27-12-14-28(15-13-27)35(31,32)4-2/h7-9,16H,3-6,10-15,17H2,1-2H3,(H,26,29). The fourth-order valence-electron chi connectivity index (χ4n) is 4.67. The zero-order valence-corrected chi connectivity index (χ0v) is 22.0. The van der Waals surface area contributed by atoms with Gasteiger partial charge in [0.15, 0.2) is 0 Å². The molecule has 0 spiro atoms. The lowest BCUT2D eigenvalue weighted by Gasteiger charge is -2.33. The topological polar surface area (TPSA) is 96.0 Å². The maximum Gasteiger partial charge on any atom is 0.341 e. The van der Waals surface area contributed by atoms with Crippen LogP contribution < -0.4 is 5.32 Å². The van der Waals surface area contributed by atoms with E-state index in [1.807, 2.05) is 18.2 Å². The second-order valence-corrected chi connectivity index (χ2v) is 12.2. The predicted octanol–water partition coefficient (Wildman–Crippen LogP) is 3.52. The van der Waals surface area contributed by atoms with Crippen LogP contribution in [0.1, 0.15) is 63.4 Å². The van der Waals surface area contributed by atoms with Crippen LogP contribution in [-0.2, 0) is 34.1 Å². The highest BCUT2D eigenvalue weighted by Crippen LogP contribution is 2.38. The molecule has 0 unspecified atom stereocenters. The van der Waals surface area contributed by atoms with E-state index in [1.54, 1.807) is 24.2 Å². The van der Waals surface area contributed by atoms with Crippen LogP contribution in [0.25, 0.3) is 0 Å². The highest BCUT2D eigenvalue weighted by molar-refractivity contribution is 7.89. The molecule has 0 saturated carbocycles. The minimum atomic E-state index is -3.16. The van der Waals surface area contributed by atoms with Gasteiger partial charge in [-0.3, -0.25) is 9.69 Å². The molecule has 2 heterocycles. The second kappa shape index (κ2) is 11.2. The third kappa shape index (κ3) is 5.94. The van der Waals surface area contributed by atoms with Crippen LogP contribution in [0, 0.1) is 0 Å².